The molecule has 0 bridgehead atoms. The van der Waals surface area contributed by atoms with E-state index in [4.69, 9.17) is 5.73 Å². The van der Waals surface area contributed by atoms with Crippen molar-refractivity contribution in [2.24, 2.45) is 10.7 Å². The number of nitrogens with zero attached hydrogens (tertiary/aromatic N) is 3. The smallest absolute Gasteiger partial charge is 0.238 e. The minimum atomic E-state index is -0.0688. The standard InChI is InChI=1S/C22H28N4O.C2H6/c1-4-17-8-10-18(11-9-17)12-13-26-21(27)15-25(3)22(26)19-6-5-7-20(14-19)24-16(2)23;1-2/h5-11,14,22H,4,12-13,15H2,1-3H3,(H2,23,24);1-2H3. The zero-order valence-electron chi connectivity index (χ0n) is 18.4. The molecule has 2 aromatic rings. The number of amides is 1. The van der Waals surface area contributed by atoms with Crippen LogP contribution in [0.1, 0.15) is 50.6 Å². The predicted octanol–water partition coefficient (Wildman–Crippen LogP) is 4.30. The summed E-state index contributed by atoms with van der Waals surface area (Å²) in [5, 5.41) is 0. The van der Waals surface area contributed by atoms with Gasteiger partial charge >= 0.3 is 0 Å². The molecule has 0 spiro atoms. The average Bonchev–Trinajstić information content (AvgIpc) is 3.01. The summed E-state index contributed by atoms with van der Waals surface area (Å²) in [5.74, 6) is 0.687. The maximum Gasteiger partial charge on any atom is 0.238 e. The van der Waals surface area contributed by atoms with Crippen molar-refractivity contribution in [1.29, 1.82) is 0 Å². The highest BCUT2D eigenvalue weighted by molar-refractivity contribution is 5.81. The third kappa shape index (κ3) is 5.91. The van der Waals surface area contributed by atoms with Gasteiger partial charge in [0, 0.05) is 6.54 Å². The molecule has 0 aromatic heterocycles. The van der Waals surface area contributed by atoms with Crippen LogP contribution in [0.15, 0.2) is 53.5 Å². The Morgan fingerprint density at radius 2 is 1.79 bits per heavy atom. The number of likely N-dealkylation sites (N-methyl/N-ethyl adjacent to an activating group) is 1. The molecule has 1 saturated heterocycles. The molecule has 29 heavy (non-hydrogen) atoms. The molecule has 1 unspecified atom stereocenters. The second-order valence-electron chi connectivity index (χ2n) is 7.14. The van der Waals surface area contributed by atoms with Crippen molar-refractivity contribution < 1.29 is 4.79 Å². The van der Waals surface area contributed by atoms with E-state index < -0.39 is 0 Å². The highest BCUT2D eigenvalue weighted by Crippen LogP contribution is 2.31. The summed E-state index contributed by atoms with van der Waals surface area (Å²) in [6, 6.07) is 16.6. The normalized spacial score (nSPS) is 17.3. The lowest BCUT2D eigenvalue weighted by atomic mass is 10.1. The fourth-order valence-corrected chi connectivity index (χ4v) is 3.60. The topological polar surface area (TPSA) is 61.9 Å². The molecule has 0 radical (unpaired) electrons. The molecule has 1 heterocycles. The maximum atomic E-state index is 12.6. The molecule has 156 valence electrons. The summed E-state index contributed by atoms with van der Waals surface area (Å²) in [4.78, 5) is 21.0. The minimum Gasteiger partial charge on any atom is -0.387 e. The van der Waals surface area contributed by atoms with E-state index in [1.807, 2.05) is 50.1 Å². The highest BCUT2D eigenvalue weighted by Gasteiger charge is 2.36. The van der Waals surface area contributed by atoms with Crippen LogP contribution < -0.4 is 5.73 Å². The van der Waals surface area contributed by atoms with Crippen LogP contribution in [0.2, 0.25) is 0 Å². The number of aryl methyl sites for hydroxylation is 1. The van der Waals surface area contributed by atoms with E-state index in [0.717, 1.165) is 24.1 Å². The van der Waals surface area contributed by atoms with Gasteiger partial charge in [-0.25, -0.2) is 4.99 Å². The van der Waals surface area contributed by atoms with Crippen LogP contribution >= 0.6 is 0 Å². The first-order valence-electron chi connectivity index (χ1n) is 10.5. The number of benzene rings is 2. The van der Waals surface area contributed by atoms with Crippen LogP contribution in [0.25, 0.3) is 0 Å². The Kier molecular flexibility index (Phi) is 8.40. The van der Waals surface area contributed by atoms with Gasteiger partial charge in [-0.3, -0.25) is 9.69 Å². The van der Waals surface area contributed by atoms with Crippen LogP contribution in [0, 0.1) is 0 Å². The van der Waals surface area contributed by atoms with Gasteiger partial charge in [-0.1, -0.05) is 57.2 Å². The van der Waals surface area contributed by atoms with Gasteiger partial charge in [0.25, 0.3) is 0 Å². The van der Waals surface area contributed by atoms with Gasteiger partial charge in [-0.2, -0.15) is 0 Å². The number of hydrogen-bond acceptors (Lipinski definition) is 3. The number of nitrogens with two attached hydrogens (primary N) is 1. The highest BCUT2D eigenvalue weighted by atomic mass is 16.2. The molecule has 5 nitrogen and oxygen atoms in total. The Hall–Kier alpha value is -2.66. The van der Waals surface area contributed by atoms with Crippen LogP contribution in [0.5, 0.6) is 0 Å². The van der Waals surface area contributed by atoms with E-state index in [1.165, 1.54) is 11.1 Å². The Balaban J connectivity index is 0.00000145. The second kappa shape index (κ2) is 10.8. The Labute approximate surface area is 175 Å². The van der Waals surface area contributed by atoms with Crippen molar-refractivity contribution in [3.63, 3.8) is 0 Å². The molecule has 3 rings (SSSR count). The molecule has 5 heteroatoms. The largest absolute Gasteiger partial charge is 0.387 e. The van der Waals surface area contributed by atoms with Crippen molar-refractivity contribution in [1.82, 2.24) is 9.80 Å². The van der Waals surface area contributed by atoms with Crippen LogP contribution in [0.4, 0.5) is 5.69 Å². The molecule has 1 amide bonds. The van der Waals surface area contributed by atoms with Crippen molar-refractivity contribution in [3.05, 3.63) is 65.2 Å². The Morgan fingerprint density at radius 3 is 2.41 bits per heavy atom. The summed E-state index contributed by atoms with van der Waals surface area (Å²) in [6.45, 7) is 9.06. The number of aliphatic imine (C=N–C) groups is 1. The van der Waals surface area contributed by atoms with Gasteiger partial charge in [-0.15, -0.1) is 0 Å². The Morgan fingerprint density at radius 1 is 1.14 bits per heavy atom. The van der Waals surface area contributed by atoms with E-state index >= 15 is 0 Å². The third-order valence-corrected chi connectivity index (χ3v) is 4.96. The fourth-order valence-electron chi connectivity index (χ4n) is 3.60. The molecule has 1 fully saturated rings. The van der Waals surface area contributed by atoms with Gasteiger partial charge in [-0.05, 0) is 55.6 Å². The third-order valence-electron chi connectivity index (χ3n) is 4.96. The molecule has 2 aromatic carbocycles. The van der Waals surface area contributed by atoms with E-state index in [1.54, 1.807) is 6.92 Å². The molecule has 0 saturated carbocycles. The summed E-state index contributed by atoms with van der Waals surface area (Å²) in [7, 11) is 1.99. The van der Waals surface area contributed by atoms with Gasteiger partial charge in [0.15, 0.2) is 0 Å². The number of carbonyl (C=O) groups is 1. The van der Waals surface area contributed by atoms with Crippen molar-refractivity contribution in [3.8, 4) is 0 Å². The van der Waals surface area contributed by atoms with Crippen LogP contribution in [-0.2, 0) is 17.6 Å². The molecular formula is C24H34N4O. The first-order valence-corrected chi connectivity index (χ1v) is 10.5. The molecular weight excluding hydrogens is 360 g/mol. The average molecular weight is 395 g/mol. The number of amidine groups is 1. The summed E-state index contributed by atoms with van der Waals surface area (Å²) >= 11 is 0. The fraction of sp³-hybridized carbons (Fsp3) is 0.417. The van der Waals surface area contributed by atoms with E-state index in [0.29, 0.717) is 18.9 Å². The second-order valence-corrected chi connectivity index (χ2v) is 7.14. The Bertz CT molecular complexity index is 825. The van der Waals surface area contributed by atoms with E-state index in [2.05, 4.69) is 41.1 Å². The first-order chi connectivity index (χ1) is 14.0. The minimum absolute atomic E-state index is 0.0688. The lowest BCUT2D eigenvalue weighted by molar-refractivity contribution is -0.128. The number of hydrogen-bond donors (Lipinski definition) is 1. The zero-order valence-corrected chi connectivity index (χ0v) is 18.4. The van der Waals surface area contributed by atoms with Gasteiger partial charge < -0.3 is 10.6 Å². The molecule has 1 aliphatic rings. The number of rotatable bonds is 6. The lowest BCUT2D eigenvalue weighted by Crippen LogP contribution is -2.32. The summed E-state index contributed by atoms with van der Waals surface area (Å²) < 4.78 is 0. The lowest BCUT2D eigenvalue weighted by Gasteiger charge is -2.28. The predicted molar refractivity (Wildman–Crippen MR) is 121 cm³/mol. The van der Waals surface area contributed by atoms with Crippen molar-refractivity contribution in [2.75, 3.05) is 20.1 Å². The summed E-state index contributed by atoms with van der Waals surface area (Å²) in [5.41, 5.74) is 10.2. The van der Waals surface area contributed by atoms with Crippen LogP contribution in [-0.4, -0.2) is 41.7 Å². The first kappa shape index (κ1) is 22.6. The van der Waals surface area contributed by atoms with Gasteiger partial charge in [0.05, 0.1) is 18.1 Å². The van der Waals surface area contributed by atoms with Gasteiger partial charge in [0.2, 0.25) is 5.91 Å². The van der Waals surface area contributed by atoms with E-state index in [-0.39, 0.29) is 12.1 Å². The SMILES string of the molecule is CC.CCc1ccc(CCN2C(=O)CN(C)C2c2cccc(N=C(C)N)c2)cc1. The maximum absolute atomic E-state index is 12.6. The quantitative estimate of drug-likeness (QED) is 0.587. The van der Waals surface area contributed by atoms with Crippen molar-refractivity contribution in [2.45, 2.75) is 46.7 Å². The van der Waals surface area contributed by atoms with E-state index in [9.17, 15) is 4.79 Å². The molecule has 0 aliphatic carbocycles. The van der Waals surface area contributed by atoms with Crippen LogP contribution in [0.3, 0.4) is 0 Å². The monoisotopic (exact) mass is 394 g/mol. The van der Waals surface area contributed by atoms with Gasteiger partial charge in [0.1, 0.15) is 6.17 Å². The molecule has 2 N–H and O–H groups in total. The molecule has 1 atom stereocenters. The molecule has 1 aliphatic heterocycles. The van der Waals surface area contributed by atoms with Crippen molar-refractivity contribution >= 4 is 17.4 Å². The number of carbonyl (C=O) groups excluding carboxylic acids is 1. The summed E-state index contributed by atoms with van der Waals surface area (Å²) in [6.07, 6.45) is 1.82. The zero-order chi connectivity index (χ0) is 21.4.